The van der Waals surface area contributed by atoms with Crippen molar-refractivity contribution in [2.24, 2.45) is 5.92 Å². The zero-order valence-corrected chi connectivity index (χ0v) is 14.6. The summed E-state index contributed by atoms with van der Waals surface area (Å²) in [5.74, 6) is 0.712. The summed E-state index contributed by atoms with van der Waals surface area (Å²) in [6.45, 7) is 11.8. The average molecular weight is 302 g/mol. The third-order valence-electron chi connectivity index (χ3n) is 3.69. The van der Waals surface area contributed by atoms with Gasteiger partial charge in [-0.15, -0.1) is 11.3 Å². The van der Waals surface area contributed by atoms with Gasteiger partial charge >= 0.3 is 0 Å². The van der Waals surface area contributed by atoms with Gasteiger partial charge in [0, 0.05) is 17.5 Å². The minimum absolute atomic E-state index is 0.361. The average Bonchev–Trinajstić information content (AvgIpc) is 2.74. The first-order valence-electron chi connectivity index (χ1n) is 7.71. The summed E-state index contributed by atoms with van der Waals surface area (Å²) in [4.78, 5) is 5.82. The van der Waals surface area contributed by atoms with Gasteiger partial charge in [-0.2, -0.15) is 0 Å². The number of benzene rings is 1. The summed E-state index contributed by atoms with van der Waals surface area (Å²) >= 11 is 1.79. The van der Waals surface area contributed by atoms with E-state index in [-0.39, 0.29) is 0 Å². The van der Waals surface area contributed by atoms with E-state index in [2.05, 4.69) is 69.2 Å². The van der Waals surface area contributed by atoms with Gasteiger partial charge in [-0.1, -0.05) is 38.1 Å². The summed E-state index contributed by atoms with van der Waals surface area (Å²) < 4.78 is 0. The van der Waals surface area contributed by atoms with Crippen molar-refractivity contribution >= 4 is 11.3 Å². The lowest BCUT2D eigenvalue weighted by Gasteiger charge is -2.15. The first-order chi connectivity index (χ1) is 9.95. The van der Waals surface area contributed by atoms with Gasteiger partial charge in [0.15, 0.2) is 0 Å². The monoisotopic (exact) mass is 302 g/mol. The molecule has 0 bridgehead atoms. The first kappa shape index (κ1) is 16.2. The van der Waals surface area contributed by atoms with E-state index < -0.39 is 0 Å². The molecule has 0 aliphatic rings. The van der Waals surface area contributed by atoms with E-state index in [1.54, 1.807) is 11.3 Å². The van der Waals surface area contributed by atoms with Crippen LogP contribution >= 0.6 is 11.3 Å². The third kappa shape index (κ3) is 4.65. The lowest BCUT2D eigenvalue weighted by atomic mass is 10.00. The van der Waals surface area contributed by atoms with Gasteiger partial charge in [0.1, 0.15) is 0 Å². The van der Waals surface area contributed by atoms with Crippen LogP contribution in [0.3, 0.4) is 0 Å². The molecule has 0 fully saturated rings. The van der Waals surface area contributed by atoms with Crippen molar-refractivity contribution in [2.75, 3.05) is 0 Å². The maximum absolute atomic E-state index is 4.48. The molecule has 0 saturated carbocycles. The molecule has 0 aliphatic heterocycles. The summed E-state index contributed by atoms with van der Waals surface area (Å²) in [5.41, 5.74) is 3.93. The molecule has 0 spiro atoms. The fraction of sp³-hybridized carbons (Fsp3) is 0.500. The Balaban J connectivity index is 1.93. The number of aromatic nitrogens is 1. The first-order valence-corrected chi connectivity index (χ1v) is 8.52. The van der Waals surface area contributed by atoms with Crippen LogP contribution in [0.2, 0.25) is 0 Å². The van der Waals surface area contributed by atoms with Gasteiger partial charge in [0.25, 0.3) is 0 Å². The van der Waals surface area contributed by atoms with Crippen LogP contribution in [-0.2, 0) is 13.0 Å². The van der Waals surface area contributed by atoms with E-state index in [0.29, 0.717) is 12.0 Å². The molecule has 114 valence electrons. The molecule has 1 N–H and O–H groups in total. The minimum Gasteiger partial charge on any atom is -0.305 e. The van der Waals surface area contributed by atoms with Crippen LogP contribution in [0, 0.1) is 19.8 Å². The van der Waals surface area contributed by atoms with Gasteiger partial charge < -0.3 is 5.32 Å². The van der Waals surface area contributed by atoms with Crippen molar-refractivity contribution in [3.05, 3.63) is 51.0 Å². The van der Waals surface area contributed by atoms with Crippen LogP contribution in [0.1, 0.15) is 53.5 Å². The van der Waals surface area contributed by atoms with E-state index in [1.807, 2.05) is 0 Å². The molecule has 1 aromatic heterocycles. The van der Waals surface area contributed by atoms with Crippen LogP contribution in [0.15, 0.2) is 24.3 Å². The molecule has 2 nitrogen and oxygen atoms in total. The molecule has 1 heterocycles. The molecule has 1 aromatic carbocycles. The Bertz CT molecular complexity index is 569. The normalized spacial score (nSPS) is 12.9. The molecule has 2 rings (SSSR count). The fourth-order valence-electron chi connectivity index (χ4n) is 2.51. The predicted octanol–water partition coefficient (Wildman–Crippen LogP) is 4.81. The predicted molar refractivity (Wildman–Crippen MR) is 91.8 cm³/mol. The van der Waals surface area contributed by atoms with Crippen LogP contribution in [0.4, 0.5) is 0 Å². The molecular weight excluding hydrogens is 276 g/mol. The van der Waals surface area contributed by atoms with Crippen molar-refractivity contribution in [2.45, 2.75) is 53.6 Å². The zero-order valence-electron chi connectivity index (χ0n) is 13.7. The maximum atomic E-state index is 4.48. The summed E-state index contributed by atoms with van der Waals surface area (Å²) in [6.07, 6.45) is 1.15. The third-order valence-corrected chi connectivity index (χ3v) is 4.76. The highest BCUT2D eigenvalue weighted by Crippen LogP contribution is 2.20. The second-order valence-corrected chi connectivity index (χ2v) is 7.47. The fourth-order valence-corrected chi connectivity index (χ4v) is 3.40. The van der Waals surface area contributed by atoms with Crippen LogP contribution in [-0.4, -0.2) is 4.98 Å². The summed E-state index contributed by atoms with van der Waals surface area (Å²) in [6, 6.07) is 9.38. The van der Waals surface area contributed by atoms with E-state index in [4.69, 9.17) is 0 Å². The Hall–Kier alpha value is -1.19. The van der Waals surface area contributed by atoms with Gasteiger partial charge in [-0.3, -0.25) is 0 Å². The molecule has 21 heavy (non-hydrogen) atoms. The number of hydrogen-bond donors (Lipinski definition) is 1. The van der Waals surface area contributed by atoms with Gasteiger partial charge in [0.2, 0.25) is 0 Å². The number of nitrogens with zero attached hydrogens (tertiary/aromatic N) is 1. The van der Waals surface area contributed by atoms with E-state index in [0.717, 1.165) is 23.7 Å². The minimum atomic E-state index is 0.361. The molecule has 1 unspecified atom stereocenters. The van der Waals surface area contributed by atoms with E-state index in [1.165, 1.54) is 16.0 Å². The summed E-state index contributed by atoms with van der Waals surface area (Å²) in [7, 11) is 0. The van der Waals surface area contributed by atoms with Crippen molar-refractivity contribution in [3.63, 3.8) is 0 Å². The lowest BCUT2D eigenvalue weighted by molar-refractivity contribution is 0.576. The maximum Gasteiger partial charge on any atom is 0.0900 e. The topological polar surface area (TPSA) is 24.9 Å². The van der Waals surface area contributed by atoms with Crippen LogP contribution in [0.5, 0.6) is 0 Å². The highest BCUT2D eigenvalue weighted by atomic mass is 32.1. The molecule has 0 saturated heterocycles. The Labute approximate surface area is 132 Å². The Morgan fingerprint density at radius 3 is 2.29 bits per heavy atom. The number of aryl methyl sites for hydroxylation is 2. The van der Waals surface area contributed by atoms with Crippen molar-refractivity contribution in [1.82, 2.24) is 10.3 Å². The number of nitrogens with one attached hydrogen (secondary N) is 1. The molecule has 2 aromatic rings. The summed E-state index contributed by atoms with van der Waals surface area (Å²) in [5, 5.41) is 4.75. The number of hydrogen-bond acceptors (Lipinski definition) is 3. The number of thiazole rings is 1. The van der Waals surface area contributed by atoms with Crippen molar-refractivity contribution in [3.8, 4) is 0 Å². The molecular formula is C18H26N2S. The quantitative estimate of drug-likeness (QED) is 0.828. The number of rotatable bonds is 6. The molecule has 1 atom stereocenters. The molecule has 0 aliphatic carbocycles. The van der Waals surface area contributed by atoms with Crippen molar-refractivity contribution < 1.29 is 0 Å². The second-order valence-electron chi connectivity index (χ2n) is 6.18. The zero-order chi connectivity index (χ0) is 15.4. The Kier molecular flexibility index (Phi) is 5.54. The van der Waals surface area contributed by atoms with E-state index in [9.17, 15) is 0 Å². The highest BCUT2D eigenvalue weighted by molar-refractivity contribution is 7.11. The van der Waals surface area contributed by atoms with Gasteiger partial charge in [-0.05, 0) is 44.2 Å². The molecule has 0 radical (unpaired) electrons. The lowest BCUT2D eigenvalue weighted by Crippen LogP contribution is -2.18. The Morgan fingerprint density at radius 2 is 1.76 bits per heavy atom. The molecule has 3 heteroatoms. The van der Waals surface area contributed by atoms with Crippen LogP contribution in [0.25, 0.3) is 0 Å². The largest absolute Gasteiger partial charge is 0.305 e. The highest BCUT2D eigenvalue weighted by Gasteiger charge is 2.09. The molecule has 0 amide bonds. The Morgan fingerprint density at radius 1 is 1.10 bits per heavy atom. The SMILES string of the molecule is Cc1nc(C)c(CNC(C)c2ccc(CC(C)C)cc2)s1. The second kappa shape index (κ2) is 7.19. The van der Waals surface area contributed by atoms with Gasteiger partial charge in [0.05, 0.1) is 10.7 Å². The smallest absolute Gasteiger partial charge is 0.0900 e. The van der Waals surface area contributed by atoms with Gasteiger partial charge in [-0.25, -0.2) is 4.98 Å². The van der Waals surface area contributed by atoms with Crippen molar-refractivity contribution in [1.29, 1.82) is 0 Å². The van der Waals surface area contributed by atoms with Crippen LogP contribution < -0.4 is 5.32 Å². The van der Waals surface area contributed by atoms with E-state index >= 15 is 0 Å². The standard InChI is InChI=1S/C18H26N2S/c1-12(2)10-16-6-8-17(9-7-16)13(3)19-11-18-14(4)20-15(5)21-18/h6-9,12-13,19H,10-11H2,1-5H3.